The Morgan fingerprint density at radius 3 is 1.35 bits per heavy atom. The van der Waals surface area contributed by atoms with Crippen LogP contribution in [0, 0.1) is 23.7 Å². The molecule has 4 aromatic rings. The van der Waals surface area contributed by atoms with Crippen molar-refractivity contribution in [3.8, 4) is 46.0 Å². The summed E-state index contributed by atoms with van der Waals surface area (Å²) in [4.78, 5) is 24.9. The van der Waals surface area contributed by atoms with E-state index in [2.05, 4.69) is 0 Å². The fraction of sp³-hybridized carbons (Fsp3) is 0.458. The second kappa shape index (κ2) is 22.3. The van der Waals surface area contributed by atoms with Crippen molar-refractivity contribution in [1.29, 1.82) is 0 Å². The molecule has 65 heavy (non-hydrogen) atoms. The standard InChI is InChI=1S/C27H34O11.C21H24O6/c1-33-18-6-4-14(10-20(18)34-2)8-16-13-36-26(32)17(16)9-15-5-7-19(21(11-15)35-3)37-27-25(31)24(30)23(29)22(12-28)38-27;1-24-18-7-5-13(11-20(18)26-3)8-15-12-27-21(23)16(15)9-14-4-6-17(22)19(10-14)25-2/h4-7,10-11,16-17,22-25,27-31H,8-9,12-13H2,1-3H3;4-7,10-11,15-16,22H,8-9,12H2,1-3H3/t16-,17+,22+,23+,24-,25+,27+;15-,16+/m00/s1. The van der Waals surface area contributed by atoms with Gasteiger partial charge in [-0.15, -0.1) is 0 Å². The third-order valence-electron chi connectivity index (χ3n) is 12.0. The number of phenols is 1. The zero-order chi connectivity index (χ0) is 46.8. The molecule has 3 aliphatic heterocycles. The topological polar surface area (TPSA) is 228 Å². The number of rotatable bonds is 17. The van der Waals surface area contributed by atoms with Crippen LogP contribution >= 0.6 is 0 Å². The van der Waals surface area contributed by atoms with Gasteiger partial charge in [0, 0.05) is 11.8 Å². The summed E-state index contributed by atoms with van der Waals surface area (Å²) in [6.07, 6.45) is -4.79. The fourth-order valence-electron chi connectivity index (χ4n) is 8.32. The predicted molar refractivity (Wildman–Crippen MR) is 232 cm³/mol. The number of methoxy groups -OCH3 is 6. The van der Waals surface area contributed by atoms with Crippen LogP contribution < -0.4 is 33.2 Å². The van der Waals surface area contributed by atoms with Gasteiger partial charge in [0.2, 0.25) is 6.29 Å². The molecular weight excluding hydrogens is 849 g/mol. The van der Waals surface area contributed by atoms with E-state index in [-0.39, 0.29) is 47.1 Å². The number of hydrogen-bond donors (Lipinski definition) is 5. The van der Waals surface area contributed by atoms with Gasteiger partial charge in [-0.3, -0.25) is 9.59 Å². The Hall–Kier alpha value is -5.98. The lowest BCUT2D eigenvalue weighted by molar-refractivity contribution is -0.277. The van der Waals surface area contributed by atoms with E-state index in [9.17, 15) is 35.1 Å². The summed E-state index contributed by atoms with van der Waals surface area (Å²) >= 11 is 0. The molecule has 352 valence electrons. The van der Waals surface area contributed by atoms with Gasteiger partial charge in [0.25, 0.3) is 0 Å². The molecule has 0 saturated carbocycles. The minimum Gasteiger partial charge on any atom is -0.504 e. The predicted octanol–water partition coefficient (Wildman–Crippen LogP) is 3.46. The van der Waals surface area contributed by atoms with Crippen LogP contribution in [0.25, 0.3) is 0 Å². The van der Waals surface area contributed by atoms with Crippen LogP contribution in [0.2, 0.25) is 0 Å². The third kappa shape index (κ3) is 11.5. The molecule has 3 aliphatic rings. The summed E-state index contributed by atoms with van der Waals surface area (Å²) in [6, 6.07) is 21.7. The zero-order valence-corrected chi connectivity index (χ0v) is 37.2. The minimum absolute atomic E-state index is 0.0448. The highest BCUT2D eigenvalue weighted by Crippen LogP contribution is 2.38. The molecule has 0 aliphatic carbocycles. The van der Waals surface area contributed by atoms with Crippen molar-refractivity contribution in [2.75, 3.05) is 62.5 Å². The number of phenolic OH excluding ortho intramolecular Hbond substituents is 1. The molecule has 0 aromatic heterocycles. The van der Waals surface area contributed by atoms with E-state index in [1.807, 2.05) is 36.4 Å². The van der Waals surface area contributed by atoms with E-state index in [0.29, 0.717) is 73.4 Å². The number of benzene rings is 4. The van der Waals surface area contributed by atoms with E-state index in [4.69, 9.17) is 47.4 Å². The number of carbonyl (C=O) groups excluding carboxylic acids is 2. The molecule has 4 aromatic carbocycles. The summed E-state index contributed by atoms with van der Waals surface area (Å²) in [5, 5.41) is 49.4. The lowest BCUT2D eigenvalue weighted by Crippen LogP contribution is -2.60. The van der Waals surface area contributed by atoms with E-state index < -0.39 is 37.3 Å². The van der Waals surface area contributed by atoms with Gasteiger partial charge < -0.3 is 72.9 Å². The molecule has 17 heteroatoms. The van der Waals surface area contributed by atoms with Gasteiger partial charge in [-0.2, -0.15) is 0 Å². The Balaban J connectivity index is 0.000000228. The van der Waals surface area contributed by atoms with E-state index >= 15 is 0 Å². The average molecular weight is 907 g/mol. The first-order chi connectivity index (χ1) is 31.3. The molecule has 3 heterocycles. The molecule has 3 fully saturated rings. The Labute approximate surface area is 377 Å². The van der Waals surface area contributed by atoms with Crippen molar-refractivity contribution in [2.45, 2.75) is 56.4 Å². The van der Waals surface area contributed by atoms with Crippen molar-refractivity contribution < 1.29 is 82.5 Å². The number of ether oxygens (including phenoxy) is 10. The fourth-order valence-corrected chi connectivity index (χ4v) is 8.32. The summed E-state index contributed by atoms with van der Waals surface area (Å²) in [6.45, 7) is 0.142. The van der Waals surface area contributed by atoms with E-state index in [1.165, 1.54) is 14.2 Å². The van der Waals surface area contributed by atoms with Crippen LogP contribution in [0.5, 0.6) is 46.0 Å². The average Bonchev–Trinajstić information content (AvgIpc) is 3.85. The number of aliphatic hydroxyl groups excluding tert-OH is 4. The van der Waals surface area contributed by atoms with Crippen molar-refractivity contribution in [2.24, 2.45) is 23.7 Å². The van der Waals surface area contributed by atoms with Gasteiger partial charge in [0.05, 0.1) is 74.3 Å². The maximum Gasteiger partial charge on any atom is 0.309 e. The molecule has 0 bridgehead atoms. The molecule has 0 radical (unpaired) electrons. The molecule has 3 saturated heterocycles. The molecule has 0 spiro atoms. The second-order valence-corrected chi connectivity index (χ2v) is 16.0. The molecule has 0 amide bonds. The quantitative estimate of drug-likeness (QED) is 0.0956. The number of aliphatic hydroxyl groups is 4. The largest absolute Gasteiger partial charge is 0.504 e. The van der Waals surface area contributed by atoms with Gasteiger partial charge in [-0.25, -0.2) is 0 Å². The molecule has 17 nitrogen and oxygen atoms in total. The van der Waals surface area contributed by atoms with Gasteiger partial charge in [-0.05, 0) is 96.5 Å². The van der Waals surface area contributed by atoms with Gasteiger partial charge in [0.1, 0.15) is 24.4 Å². The summed E-state index contributed by atoms with van der Waals surface area (Å²) in [7, 11) is 9.30. The number of hydrogen-bond acceptors (Lipinski definition) is 17. The number of carbonyl (C=O) groups is 2. The highest BCUT2D eigenvalue weighted by atomic mass is 16.7. The zero-order valence-electron chi connectivity index (χ0n) is 37.2. The number of aromatic hydroxyl groups is 1. The molecule has 5 N–H and O–H groups in total. The summed E-state index contributed by atoms with van der Waals surface area (Å²) < 4.78 is 53.8. The van der Waals surface area contributed by atoms with E-state index in [0.717, 1.165) is 22.3 Å². The van der Waals surface area contributed by atoms with Crippen LogP contribution in [-0.4, -0.2) is 131 Å². The monoisotopic (exact) mass is 906 g/mol. The second-order valence-electron chi connectivity index (χ2n) is 16.0. The maximum absolute atomic E-state index is 12.6. The Bertz CT molecular complexity index is 2230. The van der Waals surface area contributed by atoms with Crippen LogP contribution in [0.4, 0.5) is 0 Å². The van der Waals surface area contributed by atoms with Gasteiger partial charge in [-0.1, -0.05) is 24.3 Å². The highest BCUT2D eigenvalue weighted by molar-refractivity contribution is 5.76. The Morgan fingerprint density at radius 1 is 0.508 bits per heavy atom. The van der Waals surface area contributed by atoms with Crippen LogP contribution in [-0.2, 0) is 49.5 Å². The molecule has 0 unspecified atom stereocenters. The SMILES string of the molecule is COc1cc(C[C@H]2C(=O)OC[C@@H]2Cc2ccc(OC)c(OC)c2)ccc1O.COc1ccc(C[C@H]2COC(=O)[C@@H]2Cc2ccc(O[C@@H]3O[C@H](CO)[C@@H](O)[C@H](O)[C@H]3O)c(OC)c2)cc1OC. The van der Waals surface area contributed by atoms with Crippen molar-refractivity contribution in [3.05, 3.63) is 95.1 Å². The lowest BCUT2D eigenvalue weighted by Gasteiger charge is -2.39. The third-order valence-corrected chi connectivity index (χ3v) is 12.0. The van der Waals surface area contributed by atoms with Gasteiger partial charge in [0.15, 0.2) is 46.0 Å². The van der Waals surface area contributed by atoms with Crippen molar-refractivity contribution in [3.63, 3.8) is 0 Å². The van der Waals surface area contributed by atoms with Gasteiger partial charge >= 0.3 is 11.9 Å². The van der Waals surface area contributed by atoms with E-state index in [1.54, 1.807) is 64.8 Å². The lowest BCUT2D eigenvalue weighted by atomic mass is 9.85. The molecular formula is C48H58O17. The molecule has 9 atom stereocenters. The highest BCUT2D eigenvalue weighted by Gasteiger charge is 2.45. The first-order valence-corrected chi connectivity index (χ1v) is 21.1. The summed E-state index contributed by atoms with van der Waals surface area (Å²) in [5.41, 5.74) is 3.79. The first kappa shape index (κ1) is 48.5. The number of esters is 2. The summed E-state index contributed by atoms with van der Waals surface area (Å²) in [5.74, 6) is 2.56. The molecule has 7 rings (SSSR count). The van der Waals surface area contributed by atoms with Crippen molar-refractivity contribution >= 4 is 11.9 Å². The van der Waals surface area contributed by atoms with Crippen LogP contribution in [0.15, 0.2) is 72.8 Å². The van der Waals surface area contributed by atoms with Crippen LogP contribution in [0.3, 0.4) is 0 Å². The Kier molecular flexibility index (Phi) is 16.6. The minimum atomic E-state index is -1.56. The Morgan fingerprint density at radius 2 is 0.908 bits per heavy atom. The maximum atomic E-state index is 12.6. The van der Waals surface area contributed by atoms with Crippen molar-refractivity contribution in [1.82, 2.24) is 0 Å². The first-order valence-electron chi connectivity index (χ1n) is 21.1. The number of cyclic esters (lactones) is 2. The smallest absolute Gasteiger partial charge is 0.309 e. The van der Waals surface area contributed by atoms with Crippen LogP contribution in [0.1, 0.15) is 22.3 Å². The normalized spacial score (nSPS) is 24.8.